The molecule has 1 aliphatic carbocycles. The molecule has 180 valence electrons. The van der Waals surface area contributed by atoms with Crippen molar-refractivity contribution in [3.63, 3.8) is 0 Å². The third-order valence-corrected chi connectivity index (χ3v) is 8.60. The van der Waals surface area contributed by atoms with Gasteiger partial charge in [-0.15, -0.1) is 0 Å². The van der Waals surface area contributed by atoms with E-state index in [1.54, 1.807) is 66.7 Å². The Labute approximate surface area is 205 Å². The van der Waals surface area contributed by atoms with Crippen LogP contribution in [0.25, 0.3) is 11.1 Å². The molecule has 3 aromatic rings. The van der Waals surface area contributed by atoms with Gasteiger partial charge < -0.3 is 10.6 Å². The van der Waals surface area contributed by atoms with Gasteiger partial charge in [0.15, 0.2) is 0 Å². The SMILES string of the molecule is CN1c2ccc(C(=O)Nc3ccccc3C(=O)NC3CCCCC3)cc2-c2ccccc2S1(=O)=O. The Morgan fingerprint density at radius 1 is 0.857 bits per heavy atom. The second kappa shape index (κ2) is 9.19. The second-order valence-electron chi connectivity index (χ2n) is 9.01. The minimum atomic E-state index is -3.66. The topological polar surface area (TPSA) is 95.6 Å². The van der Waals surface area contributed by atoms with Crippen molar-refractivity contribution in [3.8, 4) is 11.1 Å². The van der Waals surface area contributed by atoms with Crippen molar-refractivity contribution in [1.29, 1.82) is 0 Å². The van der Waals surface area contributed by atoms with Crippen molar-refractivity contribution >= 4 is 33.2 Å². The van der Waals surface area contributed by atoms with Crippen LogP contribution in [0.15, 0.2) is 71.6 Å². The molecule has 1 fully saturated rings. The average molecular weight is 490 g/mol. The summed E-state index contributed by atoms with van der Waals surface area (Å²) in [6.45, 7) is 0. The highest BCUT2D eigenvalue weighted by molar-refractivity contribution is 7.93. The molecule has 0 spiro atoms. The zero-order valence-corrected chi connectivity index (χ0v) is 20.3. The summed E-state index contributed by atoms with van der Waals surface area (Å²) in [6, 6.07) is 18.8. The summed E-state index contributed by atoms with van der Waals surface area (Å²) in [5.74, 6) is -0.571. The van der Waals surface area contributed by atoms with Gasteiger partial charge in [-0.05, 0) is 49.2 Å². The fourth-order valence-electron chi connectivity index (χ4n) is 4.85. The lowest BCUT2D eigenvalue weighted by Crippen LogP contribution is -2.36. The summed E-state index contributed by atoms with van der Waals surface area (Å²) in [4.78, 5) is 26.4. The van der Waals surface area contributed by atoms with E-state index in [2.05, 4.69) is 10.6 Å². The Bertz CT molecular complexity index is 1410. The number of sulfonamides is 1. The standard InChI is InChI=1S/C27H27N3O4S/c1-30-24-16-15-18(17-22(24)20-11-6-8-14-25(20)35(30,33)34)26(31)29-23-13-7-5-12-21(23)27(32)28-19-9-3-2-4-10-19/h5-8,11-17,19H,2-4,9-10H2,1H3,(H,28,32)(H,29,31). The van der Waals surface area contributed by atoms with Crippen LogP contribution in [-0.2, 0) is 10.0 Å². The van der Waals surface area contributed by atoms with Crippen LogP contribution in [0.3, 0.4) is 0 Å². The van der Waals surface area contributed by atoms with Crippen LogP contribution in [0.2, 0.25) is 0 Å². The van der Waals surface area contributed by atoms with E-state index in [0.29, 0.717) is 33.6 Å². The molecule has 0 radical (unpaired) electrons. The van der Waals surface area contributed by atoms with Gasteiger partial charge in [0.05, 0.1) is 21.8 Å². The van der Waals surface area contributed by atoms with Gasteiger partial charge in [0.2, 0.25) is 0 Å². The molecule has 1 heterocycles. The Hall–Kier alpha value is -3.65. The zero-order chi connectivity index (χ0) is 24.6. The number of nitrogens with zero attached hydrogens (tertiary/aromatic N) is 1. The average Bonchev–Trinajstić information content (AvgIpc) is 2.88. The molecule has 1 aliphatic heterocycles. The number of amides is 2. The van der Waals surface area contributed by atoms with E-state index in [-0.39, 0.29) is 22.8 Å². The number of hydrogen-bond donors (Lipinski definition) is 2. The lowest BCUT2D eigenvalue weighted by molar-refractivity contribution is 0.0928. The molecular formula is C27H27N3O4S. The van der Waals surface area contributed by atoms with Crippen molar-refractivity contribution in [3.05, 3.63) is 77.9 Å². The summed E-state index contributed by atoms with van der Waals surface area (Å²) in [5, 5.41) is 5.97. The largest absolute Gasteiger partial charge is 0.349 e. The summed E-state index contributed by atoms with van der Waals surface area (Å²) in [6.07, 6.45) is 5.37. The normalized spacial score (nSPS) is 16.7. The van der Waals surface area contributed by atoms with Gasteiger partial charge in [0.25, 0.3) is 21.8 Å². The maximum Gasteiger partial charge on any atom is 0.264 e. The molecule has 8 heteroatoms. The quantitative estimate of drug-likeness (QED) is 0.550. The van der Waals surface area contributed by atoms with E-state index in [1.807, 2.05) is 0 Å². The van der Waals surface area contributed by atoms with Gasteiger partial charge in [0, 0.05) is 29.8 Å². The van der Waals surface area contributed by atoms with Gasteiger partial charge in [-0.25, -0.2) is 8.42 Å². The smallest absolute Gasteiger partial charge is 0.264 e. The predicted octanol–water partition coefficient (Wildman–Crippen LogP) is 4.81. The van der Waals surface area contributed by atoms with Crippen molar-refractivity contribution < 1.29 is 18.0 Å². The highest BCUT2D eigenvalue weighted by Gasteiger charge is 2.32. The first-order chi connectivity index (χ1) is 16.9. The van der Waals surface area contributed by atoms with Gasteiger partial charge in [-0.2, -0.15) is 0 Å². The highest BCUT2D eigenvalue weighted by Crippen LogP contribution is 2.42. The number of anilines is 2. The van der Waals surface area contributed by atoms with Crippen LogP contribution in [0.4, 0.5) is 11.4 Å². The first-order valence-electron chi connectivity index (χ1n) is 11.8. The van der Waals surface area contributed by atoms with Crippen molar-refractivity contribution in [2.75, 3.05) is 16.7 Å². The zero-order valence-electron chi connectivity index (χ0n) is 19.5. The molecule has 0 aromatic heterocycles. The minimum Gasteiger partial charge on any atom is -0.349 e. The van der Waals surface area contributed by atoms with Gasteiger partial charge in [0.1, 0.15) is 0 Å². The van der Waals surface area contributed by atoms with Crippen molar-refractivity contribution in [2.45, 2.75) is 43.0 Å². The molecule has 7 nitrogen and oxygen atoms in total. The van der Waals surface area contributed by atoms with Gasteiger partial charge >= 0.3 is 0 Å². The molecule has 0 bridgehead atoms. The molecular weight excluding hydrogens is 462 g/mol. The third kappa shape index (κ3) is 4.30. The Morgan fingerprint density at radius 3 is 2.37 bits per heavy atom. The van der Waals surface area contributed by atoms with E-state index < -0.39 is 10.0 Å². The van der Waals surface area contributed by atoms with E-state index in [1.165, 1.54) is 17.8 Å². The number of para-hydroxylation sites is 1. The maximum absolute atomic E-state index is 13.2. The number of hydrogen-bond acceptors (Lipinski definition) is 4. The number of rotatable bonds is 4. The van der Waals surface area contributed by atoms with Crippen LogP contribution in [0.1, 0.15) is 52.8 Å². The van der Waals surface area contributed by atoms with E-state index >= 15 is 0 Å². The number of carbonyl (C=O) groups is 2. The first-order valence-corrected chi connectivity index (χ1v) is 13.2. The summed E-state index contributed by atoms with van der Waals surface area (Å²) >= 11 is 0. The fourth-order valence-corrected chi connectivity index (χ4v) is 6.27. The molecule has 0 saturated heterocycles. The Morgan fingerprint density at radius 2 is 1.57 bits per heavy atom. The minimum absolute atomic E-state index is 0.161. The molecule has 3 aromatic carbocycles. The van der Waals surface area contributed by atoms with Crippen LogP contribution in [0, 0.1) is 0 Å². The molecule has 0 atom stereocenters. The molecule has 2 N–H and O–H groups in total. The Balaban J connectivity index is 1.42. The molecule has 2 amide bonds. The van der Waals surface area contributed by atoms with E-state index in [9.17, 15) is 18.0 Å². The lowest BCUT2D eigenvalue weighted by atomic mass is 9.95. The van der Waals surface area contributed by atoms with Crippen LogP contribution >= 0.6 is 0 Å². The molecule has 35 heavy (non-hydrogen) atoms. The van der Waals surface area contributed by atoms with E-state index in [4.69, 9.17) is 0 Å². The maximum atomic E-state index is 13.2. The van der Waals surface area contributed by atoms with Crippen LogP contribution in [-0.4, -0.2) is 33.3 Å². The molecule has 5 rings (SSSR count). The summed E-state index contributed by atoms with van der Waals surface area (Å²) in [7, 11) is -2.15. The van der Waals surface area contributed by atoms with Gasteiger partial charge in [-0.1, -0.05) is 49.6 Å². The number of nitrogens with one attached hydrogen (secondary N) is 2. The molecule has 1 saturated carbocycles. The third-order valence-electron chi connectivity index (χ3n) is 6.77. The Kier molecular flexibility index (Phi) is 6.06. The second-order valence-corrected chi connectivity index (χ2v) is 10.9. The van der Waals surface area contributed by atoms with Crippen LogP contribution < -0.4 is 14.9 Å². The number of benzene rings is 3. The highest BCUT2D eigenvalue weighted by atomic mass is 32.2. The van der Waals surface area contributed by atoms with Crippen molar-refractivity contribution in [1.82, 2.24) is 5.32 Å². The fraction of sp³-hybridized carbons (Fsp3) is 0.259. The molecule has 2 aliphatic rings. The predicted molar refractivity (Wildman–Crippen MR) is 136 cm³/mol. The first kappa shape index (κ1) is 23.1. The summed E-state index contributed by atoms with van der Waals surface area (Å²) in [5.41, 5.74) is 2.95. The van der Waals surface area contributed by atoms with Crippen molar-refractivity contribution in [2.24, 2.45) is 0 Å². The summed E-state index contributed by atoms with van der Waals surface area (Å²) < 4.78 is 27.0. The number of fused-ring (bicyclic) bond motifs is 3. The molecule has 0 unspecified atom stereocenters. The monoisotopic (exact) mass is 489 g/mol. The van der Waals surface area contributed by atoms with Gasteiger partial charge in [-0.3, -0.25) is 13.9 Å². The van der Waals surface area contributed by atoms with Crippen LogP contribution in [0.5, 0.6) is 0 Å². The number of carbonyl (C=O) groups excluding carboxylic acids is 2. The lowest BCUT2D eigenvalue weighted by Gasteiger charge is -2.29. The van der Waals surface area contributed by atoms with E-state index in [0.717, 1.165) is 25.7 Å².